The summed E-state index contributed by atoms with van der Waals surface area (Å²) in [6, 6.07) is 0. The van der Waals surface area contributed by atoms with Gasteiger partial charge in [0.1, 0.15) is 0 Å². The zero-order valence-corrected chi connectivity index (χ0v) is 10.3. The van der Waals surface area contributed by atoms with E-state index in [1.807, 2.05) is 0 Å². The molecule has 0 rings (SSSR count). The summed E-state index contributed by atoms with van der Waals surface area (Å²) in [5.74, 6) is 0. The fourth-order valence-corrected chi connectivity index (χ4v) is 0. The van der Waals surface area contributed by atoms with E-state index in [1.54, 1.807) is 0 Å². The first kappa shape index (κ1) is 8.82. The van der Waals surface area contributed by atoms with Crippen molar-refractivity contribution in [1.29, 1.82) is 0 Å². The minimum atomic E-state index is -0.472. The molecule has 0 saturated carbocycles. The van der Waals surface area contributed by atoms with Crippen LogP contribution in [0.5, 0.6) is 0 Å². The van der Waals surface area contributed by atoms with Gasteiger partial charge in [0.15, 0.2) is 0 Å². The molecule has 0 heterocycles. The molecule has 0 amide bonds. The number of rotatable bonds is 1. The van der Waals surface area contributed by atoms with Crippen LogP contribution in [0.1, 0.15) is 6.92 Å². The van der Waals surface area contributed by atoms with E-state index < -0.39 is 6.61 Å². The van der Waals surface area contributed by atoms with Gasteiger partial charge in [0.25, 0.3) is 0 Å². The van der Waals surface area contributed by atoms with Crippen LogP contribution in [-0.4, -0.2) is 12.3 Å². The summed E-state index contributed by atoms with van der Waals surface area (Å²) in [7, 11) is 0. The fourth-order valence-electron chi connectivity index (χ4n) is 0. The van der Waals surface area contributed by atoms with Gasteiger partial charge >= 0.3 is 0 Å². The van der Waals surface area contributed by atoms with Crippen LogP contribution >= 0.6 is 0 Å². The van der Waals surface area contributed by atoms with Crippen LogP contribution in [0.4, 0.5) is 0 Å². The Kier molecular flexibility index (Phi) is 5.34. The summed E-state index contributed by atoms with van der Waals surface area (Å²) in [6.45, 7) is 0.910. The van der Waals surface area contributed by atoms with E-state index in [2.05, 4.69) is 0 Å². The number of hydrogen-bond acceptors (Lipinski definition) is 1. The van der Waals surface area contributed by atoms with Crippen LogP contribution in [0.2, 0.25) is 0 Å². The van der Waals surface area contributed by atoms with Gasteiger partial charge in [-0.15, -0.1) is 6.61 Å². The molecule has 32 valence electrons. The maximum Gasteiger partial charge on any atom is 0 e. The van der Waals surface area contributed by atoms with Gasteiger partial charge in [-0.05, 0) is 0 Å². The van der Waals surface area contributed by atoms with E-state index >= 15 is 0 Å². The molecule has 6 heavy (non-hydrogen) atoms. The first-order chi connectivity index (χ1) is 2.27. The van der Waals surface area contributed by atoms with Crippen LogP contribution in [0.25, 0.3) is 5.41 Å². The van der Waals surface area contributed by atoms with Crippen LogP contribution in [0.15, 0.2) is 0 Å². The zero-order valence-electron chi connectivity index (χ0n) is 3.77. The van der Waals surface area contributed by atoms with Crippen molar-refractivity contribution in [3.8, 4) is 0 Å². The SMILES string of the molecule is CC(=[N-])C[O-].[Mt]. The fraction of sp³-hybridized carbons (Fsp3) is 0.667. The van der Waals surface area contributed by atoms with Crippen LogP contribution < -0.4 is 5.11 Å². The summed E-state index contributed by atoms with van der Waals surface area (Å²) >= 11 is 0. The second-order valence-corrected chi connectivity index (χ2v) is 0.880. The van der Waals surface area contributed by atoms with Gasteiger partial charge in [-0.25, -0.2) is 5.71 Å². The van der Waals surface area contributed by atoms with Crippen molar-refractivity contribution in [2.45, 2.75) is 6.92 Å². The molecule has 3 heteroatoms. The van der Waals surface area contributed by atoms with Gasteiger partial charge in [-0.2, -0.15) is 0 Å². The van der Waals surface area contributed by atoms with Crippen molar-refractivity contribution in [3.05, 3.63) is 5.41 Å². The van der Waals surface area contributed by atoms with E-state index in [0.29, 0.717) is 0 Å². The van der Waals surface area contributed by atoms with E-state index in [9.17, 15) is 5.11 Å². The monoisotopic (exact) mass is 349 g/mol. The van der Waals surface area contributed by atoms with Gasteiger partial charge in [-0.1, -0.05) is 6.92 Å². The third-order valence-electron chi connectivity index (χ3n) is 0.209. The van der Waals surface area contributed by atoms with E-state index in [-0.39, 0.29) is 5.71 Å². The van der Waals surface area contributed by atoms with Gasteiger partial charge in [-0.3, -0.25) is 0 Å². The molecule has 0 aliphatic rings. The predicted octanol–water partition coefficient (Wildman–Crippen LogP) is -0.623. The Bertz CT molecular complexity index is 46.1. The van der Waals surface area contributed by atoms with Crippen molar-refractivity contribution in [1.82, 2.24) is 0 Å². The molecule has 0 fully saturated rings. The zero-order chi connectivity index (χ0) is 4.28. The molecule has 2 nitrogen and oxygen atoms in total. The minimum Gasteiger partial charge on any atom is -0.853 e. The maximum absolute atomic E-state index is 9.34. The summed E-state index contributed by atoms with van der Waals surface area (Å²) < 4.78 is 0. The summed E-state index contributed by atoms with van der Waals surface area (Å²) in [5.41, 5.74) is -0.0509. The van der Waals surface area contributed by atoms with E-state index in [0.717, 1.165) is 0 Å². The topological polar surface area (TPSA) is 45.4 Å². The largest absolute Gasteiger partial charge is 0.853 e. The van der Waals surface area contributed by atoms with Crippen LogP contribution in [-0.2, 0) is 0 Å². The molecule has 0 bridgehead atoms. The van der Waals surface area contributed by atoms with Crippen molar-refractivity contribution >= 4 is 5.71 Å². The molecule has 0 saturated heterocycles. The molecule has 0 aromatic heterocycles. The van der Waals surface area contributed by atoms with Gasteiger partial charge in [0, 0.05) is 0 Å². The molecule has 0 atom stereocenters. The molecule has 0 spiro atoms. The van der Waals surface area contributed by atoms with Crippen molar-refractivity contribution in [3.63, 3.8) is 0 Å². The molecule has 0 aromatic rings. The Hall–Kier alpha value is -1.37. The average Bonchev–Trinajstić information content (AvgIpc) is 1.38. The van der Waals surface area contributed by atoms with Gasteiger partial charge in [0.05, 0.1) is 0 Å². The average molecular weight is 349 g/mol. The van der Waals surface area contributed by atoms with E-state index in [1.165, 1.54) is 6.92 Å². The van der Waals surface area contributed by atoms with Crippen molar-refractivity contribution in [2.75, 3.05) is 6.61 Å². The third-order valence-corrected chi connectivity index (χ3v) is 0.209. The normalized spacial score (nSPS) is 6.33. The summed E-state index contributed by atoms with van der Waals surface area (Å²) in [6.07, 6.45) is 0. The molecular formula is C3H5MtNO-2. The first-order valence-corrected chi connectivity index (χ1v) is 1.37. The van der Waals surface area contributed by atoms with Crippen LogP contribution in [0.3, 0.4) is 0 Å². The second-order valence-electron chi connectivity index (χ2n) is 0.880. The third kappa shape index (κ3) is 17.6. The van der Waals surface area contributed by atoms with Crippen molar-refractivity contribution in [2.24, 2.45) is 0 Å². The molecule has 0 unspecified atom stereocenters. The smallest absolute Gasteiger partial charge is 0 e. The summed E-state index contributed by atoms with van der Waals surface area (Å²) in [5, 5.41) is 17.3. The Morgan fingerprint density at radius 2 is 2.00 bits per heavy atom. The van der Waals surface area contributed by atoms with Gasteiger partial charge in [0.2, 0.25) is 0 Å². The Morgan fingerprint density at radius 3 is 2.00 bits per heavy atom. The Labute approximate surface area is 30.9 Å². The minimum absolute atomic E-state index is 0. The molecular weight excluding hydrogens is 344 g/mol. The van der Waals surface area contributed by atoms with Crippen molar-refractivity contribution < 1.29 is 5.11 Å². The first-order valence-electron chi connectivity index (χ1n) is 1.37. The molecule has 0 aliphatic carbocycles. The Balaban J connectivity index is 0. The molecule has 0 N–H and O–H groups in total. The quantitative estimate of drug-likeness (QED) is 0.582. The van der Waals surface area contributed by atoms with E-state index in [4.69, 9.17) is 5.41 Å². The number of hydrogen-bond donors (Lipinski definition) is 0. The summed E-state index contributed by atoms with van der Waals surface area (Å²) in [4.78, 5) is 0. The standard InChI is InChI=1S/C3H5NO.Mt/c1-3(4)2-5;/h2H2,1H3;/q-2;. The molecule has 0 radical (unpaired) electrons. The second kappa shape index (κ2) is 3.63. The van der Waals surface area contributed by atoms with Crippen LogP contribution in [0, 0.1) is 0 Å². The maximum atomic E-state index is 9.34. The number of nitrogens with zero attached hydrogens (tertiary/aromatic N) is 1. The predicted molar refractivity (Wildman–Crippen MR) is 18.9 cm³/mol. The molecule has 0 aliphatic heterocycles. The molecule has 0 aromatic carbocycles. The Morgan fingerprint density at radius 1 is 1.83 bits per heavy atom. The van der Waals surface area contributed by atoms with Gasteiger partial charge < -0.3 is 10.5 Å².